The first-order chi connectivity index (χ1) is 16.1. The van der Waals surface area contributed by atoms with Gasteiger partial charge in [-0.05, 0) is 75.2 Å². The van der Waals surface area contributed by atoms with Crippen LogP contribution in [-0.2, 0) is 4.79 Å². The summed E-state index contributed by atoms with van der Waals surface area (Å²) in [5.41, 5.74) is 3.71. The lowest BCUT2D eigenvalue weighted by Crippen LogP contribution is -2.45. The van der Waals surface area contributed by atoms with E-state index in [0.717, 1.165) is 45.4 Å². The molecule has 33 heavy (non-hydrogen) atoms. The van der Waals surface area contributed by atoms with E-state index in [2.05, 4.69) is 15.3 Å². The van der Waals surface area contributed by atoms with E-state index in [1.165, 1.54) is 42.8 Å². The number of benzene rings is 1. The molecule has 0 aliphatic carbocycles. The van der Waals surface area contributed by atoms with Crippen molar-refractivity contribution < 1.29 is 18.7 Å². The van der Waals surface area contributed by atoms with E-state index in [0.29, 0.717) is 34.8 Å². The number of ether oxygens (including phenoxy) is 1. The Hall–Kier alpha value is -2.43. The van der Waals surface area contributed by atoms with Crippen LogP contribution in [0.5, 0.6) is 5.75 Å². The third-order valence-electron chi connectivity index (χ3n) is 6.49. The van der Waals surface area contributed by atoms with Crippen LogP contribution in [0.15, 0.2) is 28.1 Å². The minimum Gasteiger partial charge on any atom is -0.409 e. The molecular formula is C23H28FN5O3S. The van der Waals surface area contributed by atoms with Crippen molar-refractivity contribution in [1.82, 2.24) is 20.2 Å². The highest BCUT2D eigenvalue weighted by molar-refractivity contribution is 8.18. The average molecular weight is 474 g/mol. The Balaban J connectivity index is 1.27. The topological polar surface area (TPSA) is 77.5 Å². The van der Waals surface area contributed by atoms with Crippen molar-refractivity contribution in [3.05, 3.63) is 34.5 Å². The lowest BCUT2D eigenvalue weighted by molar-refractivity contribution is -0.113. The second kappa shape index (κ2) is 9.82. The molecule has 10 heteroatoms. The number of nitrogens with zero attached hydrogens (tertiary/aromatic N) is 4. The monoisotopic (exact) mass is 473 g/mol. The molecule has 5 rings (SSSR count). The Morgan fingerprint density at radius 3 is 2.79 bits per heavy atom. The minimum absolute atomic E-state index is 0.107. The number of amidine groups is 1. The van der Waals surface area contributed by atoms with Crippen molar-refractivity contribution in [2.45, 2.75) is 38.1 Å². The number of hydrazine groups is 1. The number of carbonyl (C=O) groups is 2. The van der Waals surface area contributed by atoms with Crippen LogP contribution >= 0.6 is 11.8 Å². The molecule has 3 saturated heterocycles. The molecular weight excluding hydrogens is 445 g/mol. The SMILES string of the molecule is O=C1N=C(N2CCCCN2)S/C1=C\c1ccc(F)cc1OC(=O)N1CCC(N2CCCC2)C1. The third kappa shape index (κ3) is 5.07. The Bertz CT molecular complexity index is 988. The molecule has 8 nitrogen and oxygen atoms in total. The zero-order chi connectivity index (χ0) is 22.8. The number of amides is 2. The number of hydrogen-bond donors (Lipinski definition) is 1. The van der Waals surface area contributed by atoms with Crippen molar-refractivity contribution >= 4 is 35.0 Å². The molecule has 2 amide bonds. The van der Waals surface area contributed by atoms with Gasteiger partial charge < -0.3 is 9.64 Å². The maximum Gasteiger partial charge on any atom is 0.415 e. The summed E-state index contributed by atoms with van der Waals surface area (Å²) in [6.07, 6.45) is 6.59. The van der Waals surface area contributed by atoms with Gasteiger partial charge in [0.15, 0.2) is 5.17 Å². The van der Waals surface area contributed by atoms with Crippen LogP contribution in [0.4, 0.5) is 9.18 Å². The fraction of sp³-hybridized carbons (Fsp3) is 0.522. The molecule has 1 aromatic carbocycles. The van der Waals surface area contributed by atoms with Crippen LogP contribution in [0, 0.1) is 5.82 Å². The van der Waals surface area contributed by atoms with E-state index in [1.54, 1.807) is 11.0 Å². The number of thioether (sulfide) groups is 1. The molecule has 4 aliphatic heterocycles. The van der Waals surface area contributed by atoms with Gasteiger partial charge in [-0.3, -0.25) is 14.7 Å². The smallest absolute Gasteiger partial charge is 0.409 e. The predicted molar refractivity (Wildman–Crippen MR) is 125 cm³/mol. The number of rotatable bonds is 3. The highest BCUT2D eigenvalue weighted by Gasteiger charge is 2.33. The number of carbonyl (C=O) groups excluding carboxylic acids is 2. The van der Waals surface area contributed by atoms with E-state index in [9.17, 15) is 14.0 Å². The van der Waals surface area contributed by atoms with Crippen molar-refractivity contribution in [3.8, 4) is 5.75 Å². The molecule has 0 aromatic heterocycles. The van der Waals surface area contributed by atoms with Gasteiger partial charge >= 0.3 is 6.09 Å². The number of likely N-dealkylation sites (tertiary alicyclic amines) is 2. The standard InChI is InChI=1S/C23H28FN5O3S/c24-17-6-5-16(13-20-21(30)26-22(33-20)29-11-2-1-8-25-29)19(14-17)32-23(31)28-12-7-18(15-28)27-9-3-4-10-27/h5-6,13-14,18,25H,1-4,7-12,15H2/b20-13-. The number of hydrogen-bond acceptors (Lipinski definition) is 7. The first kappa shape index (κ1) is 22.4. The first-order valence-electron chi connectivity index (χ1n) is 11.6. The summed E-state index contributed by atoms with van der Waals surface area (Å²) in [5.74, 6) is -0.747. The lowest BCUT2D eigenvalue weighted by atomic mass is 10.2. The predicted octanol–water partition coefficient (Wildman–Crippen LogP) is 3.07. The Labute approximate surface area is 196 Å². The maximum absolute atomic E-state index is 14.0. The normalized spacial score (nSPS) is 25.2. The molecule has 1 N–H and O–H groups in total. The zero-order valence-corrected chi connectivity index (χ0v) is 19.3. The van der Waals surface area contributed by atoms with Crippen LogP contribution in [0.2, 0.25) is 0 Å². The second-order valence-corrected chi connectivity index (χ2v) is 9.77. The first-order valence-corrected chi connectivity index (χ1v) is 12.4. The fourth-order valence-electron chi connectivity index (χ4n) is 4.69. The van der Waals surface area contributed by atoms with Gasteiger partial charge in [0.1, 0.15) is 11.6 Å². The molecule has 176 valence electrons. The van der Waals surface area contributed by atoms with Gasteiger partial charge in [-0.1, -0.05) is 0 Å². The Kier molecular flexibility index (Phi) is 6.66. The molecule has 4 heterocycles. The van der Waals surface area contributed by atoms with Gasteiger partial charge in [0.05, 0.1) is 4.91 Å². The molecule has 0 bridgehead atoms. The molecule has 1 unspecified atom stereocenters. The zero-order valence-electron chi connectivity index (χ0n) is 18.5. The summed E-state index contributed by atoms with van der Waals surface area (Å²) in [6, 6.07) is 4.37. The third-order valence-corrected chi connectivity index (χ3v) is 7.50. The highest BCUT2D eigenvalue weighted by atomic mass is 32.2. The van der Waals surface area contributed by atoms with Crippen LogP contribution in [0.25, 0.3) is 6.08 Å². The summed E-state index contributed by atoms with van der Waals surface area (Å²) in [7, 11) is 0. The molecule has 1 atom stereocenters. The van der Waals surface area contributed by atoms with Gasteiger partial charge in [0, 0.05) is 43.9 Å². The molecule has 0 radical (unpaired) electrons. The summed E-state index contributed by atoms with van der Waals surface area (Å²) < 4.78 is 19.6. The fourth-order valence-corrected chi connectivity index (χ4v) is 5.60. The minimum atomic E-state index is -0.504. The van der Waals surface area contributed by atoms with Crippen molar-refractivity contribution in [2.24, 2.45) is 4.99 Å². The number of nitrogens with one attached hydrogen (secondary N) is 1. The van der Waals surface area contributed by atoms with Crippen LogP contribution in [0.3, 0.4) is 0 Å². The van der Waals surface area contributed by atoms with Gasteiger partial charge in [0.25, 0.3) is 5.91 Å². The Morgan fingerprint density at radius 1 is 1.18 bits per heavy atom. The lowest BCUT2D eigenvalue weighted by Gasteiger charge is -2.28. The van der Waals surface area contributed by atoms with Gasteiger partial charge in [0.2, 0.25) is 0 Å². The molecule has 1 aromatic rings. The van der Waals surface area contributed by atoms with E-state index >= 15 is 0 Å². The summed E-state index contributed by atoms with van der Waals surface area (Å²) >= 11 is 1.27. The van der Waals surface area contributed by atoms with Crippen molar-refractivity contribution in [1.29, 1.82) is 0 Å². The van der Waals surface area contributed by atoms with E-state index in [-0.39, 0.29) is 11.7 Å². The van der Waals surface area contributed by atoms with Crippen LogP contribution < -0.4 is 10.2 Å². The van der Waals surface area contributed by atoms with E-state index in [1.807, 2.05) is 5.01 Å². The Morgan fingerprint density at radius 2 is 2.00 bits per heavy atom. The second-order valence-electron chi connectivity index (χ2n) is 8.76. The average Bonchev–Trinajstić information content (AvgIpc) is 3.57. The quantitative estimate of drug-likeness (QED) is 0.676. The van der Waals surface area contributed by atoms with Gasteiger partial charge in [-0.25, -0.2) is 14.6 Å². The number of halogens is 1. The van der Waals surface area contributed by atoms with Gasteiger partial charge in [-0.2, -0.15) is 4.99 Å². The van der Waals surface area contributed by atoms with Crippen molar-refractivity contribution in [3.63, 3.8) is 0 Å². The molecule has 0 spiro atoms. The van der Waals surface area contributed by atoms with E-state index in [4.69, 9.17) is 4.74 Å². The summed E-state index contributed by atoms with van der Waals surface area (Å²) in [6.45, 7) is 5.05. The van der Waals surface area contributed by atoms with E-state index < -0.39 is 11.9 Å². The summed E-state index contributed by atoms with van der Waals surface area (Å²) in [5, 5.41) is 2.50. The van der Waals surface area contributed by atoms with Crippen LogP contribution in [0.1, 0.15) is 37.7 Å². The largest absolute Gasteiger partial charge is 0.415 e. The summed E-state index contributed by atoms with van der Waals surface area (Å²) in [4.78, 5) is 34.0. The van der Waals surface area contributed by atoms with Gasteiger partial charge in [-0.15, -0.1) is 0 Å². The molecule has 3 fully saturated rings. The highest BCUT2D eigenvalue weighted by Crippen LogP contribution is 2.33. The van der Waals surface area contributed by atoms with Crippen molar-refractivity contribution in [2.75, 3.05) is 39.3 Å². The molecule has 0 saturated carbocycles. The molecule has 4 aliphatic rings. The maximum atomic E-state index is 14.0. The number of aliphatic imine (C=N–C) groups is 1. The van der Waals surface area contributed by atoms with Crippen LogP contribution in [-0.4, -0.2) is 77.3 Å².